The third-order valence-electron chi connectivity index (χ3n) is 5.09. The predicted molar refractivity (Wildman–Crippen MR) is 131 cm³/mol. The molecule has 0 aliphatic rings. The zero-order valence-corrected chi connectivity index (χ0v) is 19.1. The third-order valence-corrected chi connectivity index (χ3v) is 7.10. The number of nitrogens with zero attached hydrogens (tertiary/aromatic N) is 2. The molecule has 0 bridgehead atoms. The van der Waals surface area contributed by atoms with Crippen LogP contribution in [0.1, 0.15) is 16.4 Å². The molecule has 3 nitrogen and oxygen atoms in total. The van der Waals surface area contributed by atoms with Crippen LogP contribution < -0.4 is 0 Å². The Kier molecular flexibility index (Phi) is 7.36. The molecule has 0 aliphatic heterocycles. The van der Waals surface area contributed by atoms with Crippen molar-refractivity contribution in [1.82, 2.24) is 9.55 Å². The highest BCUT2D eigenvalue weighted by atomic mass is 35.5. The second-order valence-electron chi connectivity index (χ2n) is 7.28. The van der Waals surface area contributed by atoms with Gasteiger partial charge in [0.2, 0.25) is 0 Å². The monoisotopic (exact) mass is 468 g/mol. The van der Waals surface area contributed by atoms with Crippen LogP contribution in [0.5, 0.6) is 0 Å². The number of aliphatic hydroxyl groups is 1. The lowest BCUT2D eigenvalue weighted by atomic mass is 10.0. The first-order valence-corrected chi connectivity index (χ1v) is 11.8. The second-order valence-corrected chi connectivity index (χ2v) is 9.26. The molecule has 31 heavy (non-hydrogen) atoms. The Labute approximate surface area is 196 Å². The Morgan fingerprint density at radius 2 is 1.68 bits per heavy atom. The molecule has 3 aromatic carbocycles. The molecule has 0 saturated carbocycles. The summed E-state index contributed by atoms with van der Waals surface area (Å²) in [6, 6.07) is 24.2. The maximum absolute atomic E-state index is 11.1. The Balaban J connectivity index is 1.56. The molecule has 0 saturated heterocycles. The van der Waals surface area contributed by atoms with Gasteiger partial charge in [-0.15, -0.1) is 11.8 Å². The number of hydrogen-bond acceptors (Lipinski definition) is 3. The Morgan fingerprint density at radius 3 is 2.35 bits per heavy atom. The van der Waals surface area contributed by atoms with Crippen LogP contribution in [0.15, 0.2) is 91.5 Å². The fourth-order valence-corrected chi connectivity index (χ4v) is 5.27. The average Bonchev–Trinajstić information content (AvgIpc) is 3.29. The van der Waals surface area contributed by atoms with Gasteiger partial charge in [0.05, 0.1) is 24.2 Å². The lowest BCUT2D eigenvalue weighted by Crippen LogP contribution is -2.22. The lowest BCUT2D eigenvalue weighted by Gasteiger charge is -2.24. The van der Waals surface area contributed by atoms with E-state index < -0.39 is 6.10 Å². The summed E-state index contributed by atoms with van der Waals surface area (Å²) in [6.45, 7) is 0.465. The van der Waals surface area contributed by atoms with Crippen molar-refractivity contribution < 1.29 is 5.11 Å². The number of imidazole rings is 1. The van der Waals surface area contributed by atoms with Crippen LogP contribution in [0, 0.1) is 0 Å². The summed E-state index contributed by atoms with van der Waals surface area (Å²) in [4.78, 5) is 4.08. The number of aromatic nitrogens is 2. The van der Waals surface area contributed by atoms with Crippen molar-refractivity contribution in [2.24, 2.45) is 0 Å². The van der Waals surface area contributed by atoms with E-state index in [0.29, 0.717) is 22.3 Å². The molecule has 2 unspecified atom stereocenters. The van der Waals surface area contributed by atoms with Gasteiger partial charge in [0.15, 0.2) is 0 Å². The van der Waals surface area contributed by atoms with Crippen molar-refractivity contribution in [2.75, 3.05) is 0 Å². The van der Waals surface area contributed by atoms with E-state index in [1.165, 1.54) is 5.56 Å². The van der Waals surface area contributed by atoms with Crippen molar-refractivity contribution in [3.63, 3.8) is 0 Å². The van der Waals surface area contributed by atoms with Crippen LogP contribution in [0.25, 0.3) is 11.1 Å². The highest BCUT2D eigenvalue weighted by Crippen LogP contribution is 2.37. The van der Waals surface area contributed by atoms with Gasteiger partial charge in [-0.2, -0.15) is 0 Å². The number of hydrogen-bond donors (Lipinski definition) is 1. The van der Waals surface area contributed by atoms with E-state index in [0.717, 1.165) is 16.7 Å². The summed E-state index contributed by atoms with van der Waals surface area (Å²) in [5.74, 6) is 0.669. The molecular formula is C25H22Cl2N2OS. The number of thioether (sulfide) groups is 1. The number of rotatable bonds is 8. The number of aliphatic hydroxyl groups excluding tert-OH is 1. The number of benzene rings is 3. The van der Waals surface area contributed by atoms with E-state index in [-0.39, 0.29) is 5.25 Å². The van der Waals surface area contributed by atoms with Crippen LogP contribution in [0.3, 0.4) is 0 Å². The van der Waals surface area contributed by atoms with Gasteiger partial charge < -0.3 is 9.67 Å². The van der Waals surface area contributed by atoms with Gasteiger partial charge in [0.25, 0.3) is 0 Å². The van der Waals surface area contributed by atoms with Gasteiger partial charge in [-0.25, -0.2) is 4.98 Å². The summed E-state index contributed by atoms with van der Waals surface area (Å²) in [5.41, 5.74) is 4.39. The van der Waals surface area contributed by atoms with E-state index in [2.05, 4.69) is 41.4 Å². The van der Waals surface area contributed by atoms with Crippen molar-refractivity contribution >= 4 is 35.0 Å². The Morgan fingerprint density at radius 1 is 0.935 bits per heavy atom. The average molecular weight is 469 g/mol. The maximum Gasteiger partial charge on any atom is 0.0946 e. The zero-order valence-electron chi connectivity index (χ0n) is 16.7. The minimum absolute atomic E-state index is 0.126. The van der Waals surface area contributed by atoms with Gasteiger partial charge in [0, 0.05) is 28.2 Å². The highest BCUT2D eigenvalue weighted by Gasteiger charge is 2.23. The first-order chi connectivity index (χ1) is 15.1. The molecule has 0 spiro atoms. The highest BCUT2D eigenvalue weighted by molar-refractivity contribution is 7.98. The van der Waals surface area contributed by atoms with Crippen LogP contribution in [-0.4, -0.2) is 20.8 Å². The molecule has 0 amide bonds. The topological polar surface area (TPSA) is 38.0 Å². The molecule has 6 heteroatoms. The van der Waals surface area contributed by atoms with Crippen molar-refractivity contribution in [3.8, 4) is 11.1 Å². The first kappa shape index (κ1) is 22.0. The van der Waals surface area contributed by atoms with Crippen molar-refractivity contribution in [1.29, 1.82) is 0 Å². The van der Waals surface area contributed by atoms with Gasteiger partial charge in [-0.3, -0.25) is 0 Å². The van der Waals surface area contributed by atoms with Gasteiger partial charge in [0.1, 0.15) is 0 Å². The molecule has 0 radical (unpaired) electrons. The number of halogens is 2. The largest absolute Gasteiger partial charge is 0.390 e. The molecular weight excluding hydrogens is 447 g/mol. The standard InChI is InChI=1S/C25H22Cl2N2OS/c26-22-11-10-21(23(27)14-22)16-31-25(24(30)15-29-13-12-28-17-29)20-8-6-19(7-9-20)18-4-2-1-3-5-18/h1-14,17,24-25,30H,15-16H2. The molecule has 1 N–H and O–H groups in total. The summed E-state index contributed by atoms with van der Waals surface area (Å²) in [6.07, 6.45) is 4.71. The molecule has 1 heterocycles. The Hall–Kier alpha value is -2.24. The van der Waals surface area contributed by atoms with Crippen LogP contribution in [0.2, 0.25) is 10.0 Å². The predicted octanol–water partition coefficient (Wildman–Crippen LogP) is 6.89. The van der Waals surface area contributed by atoms with Crippen molar-refractivity contribution in [3.05, 3.63) is 113 Å². The summed E-state index contributed by atoms with van der Waals surface area (Å²) >= 11 is 14.1. The summed E-state index contributed by atoms with van der Waals surface area (Å²) < 4.78 is 1.89. The fourth-order valence-electron chi connectivity index (χ4n) is 3.45. The minimum atomic E-state index is -0.590. The smallest absolute Gasteiger partial charge is 0.0946 e. The van der Waals surface area contributed by atoms with E-state index in [1.807, 2.05) is 41.1 Å². The molecule has 4 aromatic rings. The van der Waals surface area contributed by atoms with E-state index in [9.17, 15) is 5.11 Å². The summed E-state index contributed by atoms with van der Waals surface area (Å²) in [5, 5.41) is 12.2. The zero-order chi connectivity index (χ0) is 21.6. The first-order valence-electron chi connectivity index (χ1n) is 9.95. The quantitative estimate of drug-likeness (QED) is 0.305. The van der Waals surface area contributed by atoms with Crippen LogP contribution >= 0.6 is 35.0 Å². The van der Waals surface area contributed by atoms with E-state index in [1.54, 1.807) is 30.4 Å². The molecule has 158 valence electrons. The molecule has 0 aliphatic carbocycles. The lowest BCUT2D eigenvalue weighted by molar-refractivity contribution is 0.151. The normalized spacial score (nSPS) is 13.1. The third kappa shape index (κ3) is 5.72. The molecule has 1 aromatic heterocycles. The second kappa shape index (κ2) is 10.4. The van der Waals surface area contributed by atoms with E-state index in [4.69, 9.17) is 23.2 Å². The Bertz CT molecular complexity index is 1100. The molecule has 2 atom stereocenters. The summed E-state index contributed by atoms with van der Waals surface area (Å²) in [7, 11) is 0. The molecule has 0 fully saturated rings. The van der Waals surface area contributed by atoms with Gasteiger partial charge in [-0.05, 0) is 34.4 Å². The molecule has 4 rings (SSSR count). The SMILES string of the molecule is OC(Cn1ccnc1)C(SCc1ccc(Cl)cc1Cl)c1ccc(-c2ccccc2)cc1. The van der Waals surface area contributed by atoms with Crippen molar-refractivity contribution in [2.45, 2.75) is 23.7 Å². The minimum Gasteiger partial charge on any atom is -0.390 e. The maximum atomic E-state index is 11.1. The van der Waals surface area contributed by atoms with Gasteiger partial charge in [-0.1, -0.05) is 83.9 Å². The fraction of sp³-hybridized carbons (Fsp3) is 0.160. The van der Waals surface area contributed by atoms with Crippen LogP contribution in [0.4, 0.5) is 0 Å². The van der Waals surface area contributed by atoms with E-state index >= 15 is 0 Å². The van der Waals surface area contributed by atoms with Crippen LogP contribution in [-0.2, 0) is 12.3 Å². The van der Waals surface area contributed by atoms with Gasteiger partial charge >= 0.3 is 0 Å².